The van der Waals surface area contributed by atoms with Crippen molar-refractivity contribution >= 4 is 52.2 Å². The van der Waals surface area contributed by atoms with E-state index in [0.29, 0.717) is 5.75 Å². The monoisotopic (exact) mass is 534 g/mol. The molecule has 1 rings (SSSR count). The van der Waals surface area contributed by atoms with Gasteiger partial charge in [-0.05, 0) is 0 Å². The molecule has 3 nitrogen and oxygen atoms in total. The Hall–Kier alpha value is 0.279. The van der Waals surface area contributed by atoms with E-state index in [0.717, 1.165) is 64.0 Å². The van der Waals surface area contributed by atoms with E-state index in [9.17, 15) is 12.3 Å². The van der Waals surface area contributed by atoms with Gasteiger partial charge in [0.15, 0.2) is 0 Å². The summed E-state index contributed by atoms with van der Waals surface area (Å²) in [7, 11) is -4.86. The molecule has 0 aliphatic heterocycles. The zero-order valence-electron chi connectivity index (χ0n) is 15.8. The number of halogens is 3. The number of rotatable bonds is 12. The summed E-state index contributed by atoms with van der Waals surface area (Å²) < 4.78 is 45.4. The number of unbranched alkanes of at least 4 members (excludes halogenated alkanes) is 3. The van der Waals surface area contributed by atoms with Crippen molar-refractivity contribution < 1.29 is 15.4 Å². The Bertz CT molecular complexity index is 638. The Kier molecular flexibility index (Phi) is 10.6. The summed E-state index contributed by atoms with van der Waals surface area (Å²) in [5.74, 6) is 0.333. The van der Waals surface area contributed by atoms with Crippen LogP contribution in [-0.2, 0) is 10.2 Å². The minimum atomic E-state index is -4.86. The summed E-state index contributed by atoms with van der Waals surface area (Å²) in [5, 5.41) is 0.138. The summed E-state index contributed by atoms with van der Waals surface area (Å²) in [6.45, 7) is 6.49. The number of hydrogen-bond acceptors (Lipinski definition) is 3. The Morgan fingerprint density at radius 2 is 1.31 bits per heavy atom. The molecular formula is C18H29Cl2FO3SSn. The maximum absolute atomic E-state index is 13.3. The van der Waals surface area contributed by atoms with E-state index in [1.807, 2.05) is 0 Å². The van der Waals surface area contributed by atoms with Crippen LogP contribution in [0.4, 0.5) is 3.89 Å². The number of hydrogen-bond donors (Lipinski definition) is 0. The Labute approximate surface area is 172 Å². The van der Waals surface area contributed by atoms with E-state index in [1.54, 1.807) is 0 Å². The molecule has 150 valence electrons. The molecule has 0 amide bonds. The molecule has 0 fully saturated rings. The summed E-state index contributed by atoms with van der Waals surface area (Å²) in [4.78, 5) is -0.531. The third-order valence-corrected chi connectivity index (χ3v) is 18.5. The Balaban J connectivity index is 3.27. The van der Waals surface area contributed by atoms with Crippen LogP contribution in [0.15, 0.2) is 17.0 Å². The number of benzene rings is 1. The second kappa shape index (κ2) is 11.3. The first-order chi connectivity index (χ1) is 12.2. The maximum atomic E-state index is 13.3. The van der Waals surface area contributed by atoms with E-state index < -0.39 is 33.9 Å². The molecule has 1 aromatic rings. The van der Waals surface area contributed by atoms with Crippen LogP contribution in [0.25, 0.3) is 0 Å². The van der Waals surface area contributed by atoms with E-state index >= 15 is 0 Å². The van der Waals surface area contributed by atoms with Crippen LogP contribution >= 0.6 is 23.2 Å². The van der Waals surface area contributed by atoms with Crippen molar-refractivity contribution in [2.75, 3.05) is 0 Å². The summed E-state index contributed by atoms with van der Waals surface area (Å²) in [6, 6.07) is 2.18. The van der Waals surface area contributed by atoms with Gasteiger partial charge in [0, 0.05) is 0 Å². The third kappa shape index (κ3) is 7.36. The molecule has 8 heteroatoms. The van der Waals surface area contributed by atoms with Crippen LogP contribution in [0.2, 0.25) is 23.4 Å². The van der Waals surface area contributed by atoms with E-state index in [4.69, 9.17) is 26.3 Å². The molecule has 0 N–H and O–H groups in total. The van der Waals surface area contributed by atoms with Crippen molar-refractivity contribution in [3.63, 3.8) is 0 Å². The Morgan fingerprint density at radius 1 is 0.923 bits per heavy atom. The van der Waals surface area contributed by atoms with Crippen LogP contribution in [0.1, 0.15) is 59.3 Å². The molecular weight excluding hydrogens is 505 g/mol. The molecule has 0 unspecified atom stereocenters. The third-order valence-electron chi connectivity index (χ3n) is 4.53. The Morgan fingerprint density at radius 3 is 1.62 bits per heavy atom. The molecule has 0 saturated carbocycles. The zero-order chi connectivity index (χ0) is 19.8. The predicted molar refractivity (Wildman–Crippen MR) is 110 cm³/mol. The topological polar surface area (TPSA) is 43.4 Å². The average Bonchev–Trinajstić information content (AvgIpc) is 2.58. The standard InChI is InChI=1S/C6H3Cl2FO3S.3C4H9.Sn/c7-4-1-3(13(9,11)12)2-5(8)6(4)10;3*1-3-4-2;/h1-2,10H;3*1,3-4H2,2H3;/q;;;;+1/p-1. The van der Waals surface area contributed by atoms with Crippen molar-refractivity contribution in [3.05, 3.63) is 22.2 Å². The average molecular weight is 534 g/mol. The molecule has 0 saturated heterocycles. The first-order valence-electron chi connectivity index (χ1n) is 9.31. The molecule has 0 heterocycles. The van der Waals surface area contributed by atoms with Gasteiger partial charge in [-0.15, -0.1) is 0 Å². The van der Waals surface area contributed by atoms with Crippen molar-refractivity contribution in [1.29, 1.82) is 0 Å². The van der Waals surface area contributed by atoms with Crippen LogP contribution in [0.5, 0.6) is 5.75 Å². The van der Waals surface area contributed by atoms with Crippen molar-refractivity contribution in [2.24, 2.45) is 0 Å². The zero-order valence-corrected chi connectivity index (χ0v) is 21.0. The van der Waals surface area contributed by atoms with E-state index in [-0.39, 0.29) is 10.0 Å². The van der Waals surface area contributed by atoms with Crippen LogP contribution < -0.4 is 3.07 Å². The SMILES string of the molecule is CCC[CH2][Sn]([CH2]CCC)([CH2]CCC)[O]c1c(Cl)cc(S(=O)(=O)F)cc1Cl. The molecule has 0 spiro atoms. The normalized spacial score (nSPS) is 12.4. The van der Waals surface area contributed by atoms with Gasteiger partial charge in [-0.1, -0.05) is 0 Å². The first kappa shape index (κ1) is 24.3. The summed E-state index contributed by atoms with van der Waals surface area (Å²) in [6.07, 6.45) is 6.61. The van der Waals surface area contributed by atoms with E-state index in [2.05, 4.69) is 20.8 Å². The second-order valence-corrected chi connectivity index (χ2v) is 20.5. The predicted octanol–water partition coefficient (Wildman–Crippen LogP) is 7.38. The van der Waals surface area contributed by atoms with Crippen LogP contribution in [-0.4, -0.2) is 27.2 Å². The van der Waals surface area contributed by atoms with Crippen LogP contribution in [0.3, 0.4) is 0 Å². The van der Waals surface area contributed by atoms with Gasteiger partial charge in [-0.3, -0.25) is 0 Å². The molecule has 0 aliphatic carbocycles. The summed E-state index contributed by atoms with van der Waals surface area (Å²) in [5.41, 5.74) is 0. The molecule has 0 atom stereocenters. The first-order valence-corrected chi connectivity index (χ1v) is 18.7. The van der Waals surface area contributed by atoms with Crippen molar-refractivity contribution in [2.45, 2.75) is 77.5 Å². The van der Waals surface area contributed by atoms with Gasteiger partial charge >= 0.3 is 173 Å². The molecule has 0 aromatic heterocycles. The fourth-order valence-electron chi connectivity index (χ4n) is 3.02. The quantitative estimate of drug-likeness (QED) is 0.208. The molecule has 0 bridgehead atoms. The molecule has 26 heavy (non-hydrogen) atoms. The van der Waals surface area contributed by atoms with Gasteiger partial charge in [-0.2, -0.15) is 0 Å². The summed E-state index contributed by atoms with van der Waals surface area (Å²) >= 11 is 9.46. The second-order valence-electron chi connectivity index (χ2n) is 6.75. The molecule has 0 aliphatic rings. The van der Waals surface area contributed by atoms with Gasteiger partial charge in [0.05, 0.1) is 0 Å². The van der Waals surface area contributed by atoms with Crippen LogP contribution in [0, 0.1) is 0 Å². The van der Waals surface area contributed by atoms with Gasteiger partial charge in [0.25, 0.3) is 0 Å². The van der Waals surface area contributed by atoms with Crippen molar-refractivity contribution in [3.8, 4) is 5.75 Å². The van der Waals surface area contributed by atoms with Gasteiger partial charge in [-0.25, -0.2) is 0 Å². The van der Waals surface area contributed by atoms with Gasteiger partial charge in [0.2, 0.25) is 0 Å². The fourth-order valence-corrected chi connectivity index (χ4v) is 18.0. The van der Waals surface area contributed by atoms with Gasteiger partial charge in [0.1, 0.15) is 0 Å². The minimum absolute atomic E-state index is 0.0688. The molecule has 1 aromatic carbocycles. The van der Waals surface area contributed by atoms with Crippen molar-refractivity contribution in [1.82, 2.24) is 0 Å². The molecule has 0 radical (unpaired) electrons. The van der Waals surface area contributed by atoms with Gasteiger partial charge < -0.3 is 0 Å². The van der Waals surface area contributed by atoms with E-state index in [1.165, 1.54) is 0 Å². The fraction of sp³-hybridized carbons (Fsp3) is 0.667.